The van der Waals surface area contributed by atoms with Crippen LogP contribution in [0.2, 0.25) is 10.0 Å². The summed E-state index contributed by atoms with van der Waals surface area (Å²) in [6.45, 7) is 0. The molecular formula is C7H2Cl2INO. The molecule has 1 rings (SSSR count). The number of hydrogen-bond donors (Lipinski definition) is 0. The molecular weight excluding hydrogens is 312 g/mol. The second-order valence-electron chi connectivity index (χ2n) is 1.95. The highest BCUT2D eigenvalue weighted by Gasteiger charge is 2.06. The summed E-state index contributed by atoms with van der Waals surface area (Å²) in [5, 5.41) is 9.29. The van der Waals surface area contributed by atoms with Gasteiger partial charge in [-0.1, -0.05) is 23.2 Å². The first-order valence-corrected chi connectivity index (χ1v) is 4.50. The van der Waals surface area contributed by atoms with E-state index in [1.54, 1.807) is 23.0 Å². The average molecular weight is 314 g/mol. The van der Waals surface area contributed by atoms with Crippen LogP contribution in [0.1, 0.15) is 5.56 Å². The van der Waals surface area contributed by atoms with Crippen LogP contribution in [0.5, 0.6) is 5.75 Å². The van der Waals surface area contributed by atoms with E-state index in [1.807, 2.05) is 6.07 Å². The Bertz CT molecular complexity index is 347. The van der Waals surface area contributed by atoms with Crippen molar-refractivity contribution in [3.05, 3.63) is 27.7 Å². The molecule has 0 saturated carbocycles. The first-order valence-electron chi connectivity index (χ1n) is 2.86. The Morgan fingerprint density at radius 3 is 2.50 bits per heavy atom. The molecule has 0 aromatic heterocycles. The number of nitriles is 1. The number of hydrogen-bond acceptors (Lipinski definition) is 2. The van der Waals surface area contributed by atoms with Crippen LogP contribution in [0.25, 0.3) is 0 Å². The van der Waals surface area contributed by atoms with Crippen LogP contribution in [-0.2, 0) is 0 Å². The largest absolute Gasteiger partial charge is 0.426 e. The van der Waals surface area contributed by atoms with E-state index in [9.17, 15) is 0 Å². The zero-order chi connectivity index (χ0) is 9.14. The topological polar surface area (TPSA) is 33.0 Å². The summed E-state index contributed by atoms with van der Waals surface area (Å²) in [6, 6.07) is 4.89. The molecule has 0 spiro atoms. The maximum absolute atomic E-state index is 8.57. The third kappa shape index (κ3) is 1.94. The lowest BCUT2D eigenvalue weighted by Crippen LogP contribution is -1.81. The lowest BCUT2D eigenvalue weighted by molar-refractivity contribution is 0.717. The van der Waals surface area contributed by atoms with Crippen molar-refractivity contribution in [2.45, 2.75) is 0 Å². The summed E-state index contributed by atoms with van der Waals surface area (Å²) >= 11 is 13.1. The fourth-order valence-electron chi connectivity index (χ4n) is 0.673. The highest BCUT2D eigenvalue weighted by molar-refractivity contribution is 14.1. The minimum Gasteiger partial charge on any atom is -0.426 e. The first-order chi connectivity index (χ1) is 5.69. The van der Waals surface area contributed by atoms with Gasteiger partial charge < -0.3 is 3.07 Å². The van der Waals surface area contributed by atoms with Crippen molar-refractivity contribution in [2.75, 3.05) is 0 Å². The van der Waals surface area contributed by atoms with Crippen LogP contribution in [0.15, 0.2) is 12.1 Å². The van der Waals surface area contributed by atoms with Gasteiger partial charge in [-0.25, -0.2) is 0 Å². The van der Waals surface area contributed by atoms with E-state index < -0.39 is 0 Å². The van der Waals surface area contributed by atoms with Gasteiger partial charge in [0.25, 0.3) is 0 Å². The molecule has 0 fully saturated rings. The Balaban J connectivity index is 3.28. The molecule has 0 N–H and O–H groups in total. The highest BCUT2D eigenvalue weighted by Crippen LogP contribution is 2.31. The van der Waals surface area contributed by atoms with Crippen molar-refractivity contribution in [1.29, 1.82) is 5.26 Å². The van der Waals surface area contributed by atoms with E-state index in [0.717, 1.165) is 0 Å². The van der Waals surface area contributed by atoms with Crippen LogP contribution < -0.4 is 3.07 Å². The normalized spacial score (nSPS) is 9.17. The predicted molar refractivity (Wildman–Crippen MR) is 55.8 cm³/mol. The van der Waals surface area contributed by atoms with Gasteiger partial charge in [-0.3, -0.25) is 0 Å². The molecule has 0 unspecified atom stereocenters. The quantitative estimate of drug-likeness (QED) is 0.742. The van der Waals surface area contributed by atoms with Crippen LogP contribution in [0.3, 0.4) is 0 Å². The Hall–Kier alpha value is -0.180. The molecule has 0 aliphatic rings. The fourth-order valence-corrected chi connectivity index (χ4v) is 1.57. The Kier molecular flexibility index (Phi) is 3.44. The van der Waals surface area contributed by atoms with Gasteiger partial charge in [0.2, 0.25) is 0 Å². The van der Waals surface area contributed by atoms with Crippen LogP contribution in [0.4, 0.5) is 0 Å². The van der Waals surface area contributed by atoms with Gasteiger partial charge in [-0.15, -0.1) is 0 Å². The molecule has 1 aromatic rings. The lowest BCUT2D eigenvalue weighted by atomic mass is 10.2. The van der Waals surface area contributed by atoms with Gasteiger partial charge in [0.15, 0.2) is 28.8 Å². The summed E-state index contributed by atoms with van der Waals surface area (Å²) in [4.78, 5) is 0. The summed E-state index contributed by atoms with van der Waals surface area (Å²) < 4.78 is 4.87. The van der Waals surface area contributed by atoms with Crippen molar-refractivity contribution < 1.29 is 3.07 Å². The average Bonchev–Trinajstić information content (AvgIpc) is 2.08. The predicted octanol–water partition coefficient (Wildman–Crippen LogP) is 3.59. The van der Waals surface area contributed by atoms with E-state index in [-0.39, 0.29) is 0 Å². The van der Waals surface area contributed by atoms with E-state index in [2.05, 4.69) is 0 Å². The molecule has 0 amide bonds. The minimum atomic E-state index is 0.341. The second kappa shape index (κ2) is 4.17. The Morgan fingerprint density at radius 1 is 1.33 bits per heavy atom. The smallest absolute Gasteiger partial charge is 0.192 e. The van der Waals surface area contributed by atoms with Crippen molar-refractivity contribution >= 4 is 46.2 Å². The summed E-state index contributed by atoms with van der Waals surface area (Å²) in [6.07, 6.45) is 0. The van der Waals surface area contributed by atoms with Crippen LogP contribution in [-0.4, -0.2) is 0 Å². The Morgan fingerprint density at radius 2 is 2.00 bits per heavy atom. The molecule has 0 bridgehead atoms. The number of halogens is 3. The van der Waals surface area contributed by atoms with Crippen molar-refractivity contribution in [1.82, 2.24) is 0 Å². The molecule has 5 heteroatoms. The standard InChI is InChI=1S/C7H2Cl2INO/c8-5-2-7(12-10)6(9)1-4(5)3-11/h1-2H. The maximum Gasteiger partial charge on any atom is 0.192 e. The zero-order valence-electron chi connectivity index (χ0n) is 5.64. The molecule has 0 heterocycles. The summed E-state index contributed by atoms with van der Waals surface area (Å²) in [5.74, 6) is 0.460. The number of benzene rings is 1. The maximum atomic E-state index is 8.57. The van der Waals surface area contributed by atoms with Gasteiger partial charge in [0.1, 0.15) is 6.07 Å². The molecule has 0 radical (unpaired) electrons. The van der Waals surface area contributed by atoms with Crippen molar-refractivity contribution in [3.8, 4) is 11.8 Å². The molecule has 2 nitrogen and oxygen atoms in total. The fraction of sp³-hybridized carbons (Fsp3) is 0. The molecule has 0 aliphatic heterocycles. The third-order valence-corrected chi connectivity index (χ3v) is 2.31. The molecule has 0 aliphatic carbocycles. The van der Waals surface area contributed by atoms with Crippen LogP contribution in [0, 0.1) is 11.3 Å². The second-order valence-corrected chi connectivity index (χ2v) is 3.21. The molecule has 62 valence electrons. The summed E-state index contributed by atoms with van der Waals surface area (Å²) in [5.41, 5.74) is 0.346. The molecule has 0 atom stereocenters. The van der Waals surface area contributed by atoms with Gasteiger partial charge in [-0.05, 0) is 6.07 Å². The van der Waals surface area contributed by atoms with E-state index >= 15 is 0 Å². The molecule has 1 aromatic carbocycles. The van der Waals surface area contributed by atoms with Gasteiger partial charge in [-0.2, -0.15) is 5.26 Å². The van der Waals surface area contributed by atoms with E-state index in [4.69, 9.17) is 31.5 Å². The Labute approximate surface area is 93.7 Å². The monoisotopic (exact) mass is 313 g/mol. The SMILES string of the molecule is N#Cc1cc(Cl)c(OI)cc1Cl. The molecule has 0 saturated heterocycles. The highest BCUT2D eigenvalue weighted by atomic mass is 127. The summed E-state index contributed by atoms with van der Waals surface area (Å²) in [7, 11) is 0. The zero-order valence-corrected chi connectivity index (χ0v) is 9.31. The van der Waals surface area contributed by atoms with Gasteiger partial charge in [0, 0.05) is 6.07 Å². The van der Waals surface area contributed by atoms with Crippen molar-refractivity contribution in [2.24, 2.45) is 0 Å². The molecule has 12 heavy (non-hydrogen) atoms. The van der Waals surface area contributed by atoms with E-state index in [1.165, 1.54) is 12.1 Å². The van der Waals surface area contributed by atoms with Crippen LogP contribution >= 0.6 is 46.2 Å². The van der Waals surface area contributed by atoms with E-state index in [0.29, 0.717) is 21.4 Å². The van der Waals surface area contributed by atoms with Gasteiger partial charge >= 0.3 is 0 Å². The van der Waals surface area contributed by atoms with Crippen molar-refractivity contribution in [3.63, 3.8) is 0 Å². The minimum absolute atomic E-state index is 0.341. The third-order valence-electron chi connectivity index (χ3n) is 1.23. The number of rotatable bonds is 1. The lowest BCUT2D eigenvalue weighted by Gasteiger charge is -2.01. The number of nitrogens with zero attached hydrogens (tertiary/aromatic N) is 1. The first kappa shape index (κ1) is 9.90. The van der Waals surface area contributed by atoms with Gasteiger partial charge in [0.05, 0.1) is 15.6 Å².